The molecule has 0 aliphatic carbocycles. The van der Waals surface area contributed by atoms with Crippen LogP contribution in [0.3, 0.4) is 0 Å². The van der Waals surface area contributed by atoms with Crippen molar-refractivity contribution in [3.05, 3.63) is 17.7 Å². The molecule has 2 saturated heterocycles. The minimum Gasteiger partial charge on any atom is -0.490 e. The number of carbonyl (C=O) groups is 3. The fourth-order valence-electron chi connectivity index (χ4n) is 4.15. The Kier molecular flexibility index (Phi) is 9.55. The lowest BCUT2D eigenvalue weighted by atomic mass is 9.90. The first kappa shape index (κ1) is 26.6. The number of rotatable bonds is 11. The average molecular weight is 496 g/mol. The summed E-state index contributed by atoms with van der Waals surface area (Å²) in [5.41, 5.74) is -1.69. The van der Waals surface area contributed by atoms with Crippen LogP contribution in [-0.2, 0) is 39.8 Å². The van der Waals surface area contributed by atoms with Crippen molar-refractivity contribution in [2.24, 2.45) is 0 Å². The first-order valence-electron chi connectivity index (χ1n) is 11.6. The molecule has 2 aliphatic rings. The molecule has 0 aromatic heterocycles. The van der Waals surface area contributed by atoms with Crippen molar-refractivity contribution in [2.75, 3.05) is 34.5 Å². The van der Waals surface area contributed by atoms with Crippen molar-refractivity contribution in [1.82, 2.24) is 5.32 Å². The van der Waals surface area contributed by atoms with Crippen molar-refractivity contribution in [3.8, 4) is 17.2 Å². The zero-order valence-electron chi connectivity index (χ0n) is 20.3. The highest BCUT2D eigenvalue weighted by atomic mass is 16.7. The van der Waals surface area contributed by atoms with Crippen LogP contribution < -0.4 is 19.5 Å². The molecule has 1 N–H and O–H groups in total. The molecule has 2 heterocycles. The number of methoxy groups -OCH3 is 3. The molecule has 2 fully saturated rings. The topological polar surface area (TPSA) is 128 Å². The van der Waals surface area contributed by atoms with Gasteiger partial charge in [0.1, 0.15) is 0 Å². The number of hydrogen-bond donors (Lipinski definition) is 1. The Morgan fingerprint density at radius 1 is 0.943 bits per heavy atom. The van der Waals surface area contributed by atoms with E-state index in [9.17, 15) is 14.4 Å². The SMILES string of the molecule is COC(=O)C(Cc1cc(OC2CCCCO2)c(OC)c(OC2CCCCO2)c1)(NC=O)C(=O)OC. The van der Waals surface area contributed by atoms with Crippen molar-refractivity contribution in [3.63, 3.8) is 0 Å². The lowest BCUT2D eigenvalue weighted by Gasteiger charge is -2.30. The molecule has 11 nitrogen and oxygen atoms in total. The maximum absolute atomic E-state index is 12.7. The van der Waals surface area contributed by atoms with E-state index in [-0.39, 0.29) is 12.8 Å². The molecule has 0 bridgehead atoms. The van der Waals surface area contributed by atoms with Crippen LogP contribution in [0.4, 0.5) is 0 Å². The van der Waals surface area contributed by atoms with E-state index in [0.29, 0.717) is 48.9 Å². The highest BCUT2D eigenvalue weighted by molar-refractivity contribution is 6.06. The Hall–Kier alpha value is -3.05. The van der Waals surface area contributed by atoms with Gasteiger partial charge in [-0.05, 0) is 43.4 Å². The Bertz CT molecular complexity index is 820. The van der Waals surface area contributed by atoms with E-state index in [0.717, 1.165) is 39.9 Å². The number of amides is 1. The predicted molar refractivity (Wildman–Crippen MR) is 121 cm³/mol. The second-order valence-electron chi connectivity index (χ2n) is 8.28. The number of esters is 2. The van der Waals surface area contributed by atoms with Gasteiger partial charge in [-0.25, -0.2) is 9.59 Å². The van der Waals surface area contributed by atoms with Crippen molar-refractivity contribution in [2.45, 2.75) is 63.1 Å². The zero-order chi connectivity index (χ0) is 25.3. The van der Waals surface area contributed by atoms with E-state index < -0.39 is 30.1 Å². The van der Waals surface area contributed by atoms with Gasteiger partial charge in [0, 0.05) is 19.3 Å². The van der Waals surface area contributed by atoms with Gasteiger partial charge >= 0.3 is 11.9 Å². The van der Waals surface area contributed by atoms with Crippen molar-refractivity contribution in [1.29, 1.82) is 0 Å². The third-order valence-electron chi connectivity index (χ3n) is 5.92. The van der Waals surface area contributed by atoms with E-state index in [4.69, 9.17) is 33.2 Å². The van der Waals surface area contributed by atoms with E-state index in [2.05, 4.69) is 5.32 Å². The van der Waals surface area contributed by atoms with Crippen molar-refractivity contribution >= 4 is 18.3 Å². The second kappa shape index (κ2) is 12.6. The summed E-state index contributed by atoms with van der Waals surface area (Å²) in [7, 11) is 3.72. The van der Waals surface area contributed by atoms with Crippen LogP contribution >= 0.6 is 0 Å². The smallest absolute Gasteiger partial charge is 0.343 e. The summed E-state index contributed by atoms with van der Waals surface area (Å²) in [4.78, 5) is 36.7. The molecule has 2 aliphatic heterocycles. The molecule has 0 saturated carbocycles. The van der Waals surface area contributed by atoms with Gasteiger partial charge < -0.3 is 38.5 Å². The van der Waals surface area contributed by atoms with Gasteiger partial charge in [0.05, 0.1) is 34.5 Å². The molecule has 194 valence electrons. The number of carbonyl (C=O) groups excluding carboxylic acids is 3. The molecular formula is C24H33NO10. The molecule has 0 radical (unpaired) electrons. The van der Waals surface area contributed by atoms with Gasteiger partial charge in [0.25, 0.3) is 0 Å². The molecule has 3 rings (SSSR count). The lowest BCUT2D eigenvalue weighted by molar-refractivity contribution is -0.164. The molecule has 2 atom stereocenters. The third kappa shape index (κ3) is 6.34. The maximum Gasteiger partial charge on any atom is 0.343 e. The normalized spacial score (nSPS) is 20.3. The van der Waals surface area contributed by atoms with Gasteiger partial charge in [-0.15, -0.1) is 0 Å². The summed E-state index contributed by atoms with van der Waals surface area (Å²) >= 11 is 0. The standard InChI is InChI=1S/C24H33NO10/c1-29-21-17(34-19-8-4-6-10-32-19)12-16(13-18(21)35-20-9-5-7-11-33-20)14-24(25-15-26,22(27)30-2)23(28)31-3/h12-13,15,19-20H,4-11,14H2,1-3H3,(H,25,26). The minimum atomic E-state index is -2.11. The molecule has 11 heteroatoms. The molecule has 1 aromatic carbocycles. The fourth-order valence-corrected chi connectivity index (χ4v) is 4.15. The first-order valence-corrected chi connectivity index (χ1v) is 11.6. The predicted octanol–water partition coefficient (Wildman–Crippen LogP) is 1.88. The van der Waals surface area contributed by atoms with Crippen LogP contribution in [0.15, 0.2) is 12.1 Å². The summed E-state index contributed by atoms with van der Waals surface area (Å²) in [6, 6.07) is 3.22. The average Bonchev–Trinajstić information content (AvgIpc) is 2.88. The van der Waals surface area contributed by atoms with Crippen LogP contribution in [0, 0.1) is 0 Å². The van der Waals surface area contributed by atoms with Crippen LogP contribution in [0.1, 0.15) is 44.1 Å². The Balaban J connectivity index is 2.04. The monoisotopic (exact) mass is 495 g/mol. The molecule has 1 aromatic rings. The number of benzene rings is 1. The van der Waals surface area contributed by atoms with Crippen LogP contribution in [0.25, 0.3) is 0 Å². The van der Waals surface area contributed by atoms with Crippen molar-refractivity contribution < 1.29 is 47.5 Å². The van der Waals surface area contributed by atoms with Gasteiger partial charge in [-0.1, -0.05) is 0 Å². The minimum absolute atomic E-state index is 0.248. The second-order valence-corrected chi connectivity index (χ2v) is 8.28. The summed E-state index contributed by atoms with van der Waals surface area (Å²) < 4.78 is 38.9. The van der Waals surface area contributed by atoms with E-state index >= 15 is 0 Å². The molecule has 0 spiro atoms. The van der Waals surface area contributed by atoms with Gasteiger partial charge in [0.2, 0.25) is 17.7 Å². The van der Waals surface area contributed by atoms with Crippen LogP contribution in [0.2, 0.25) is 0 Å². The third-order valence-corrected chi connectivity index (χ3v) is 5.92. The first-order chi connectivity index (χ1) is 17.0. The number of ether oxygens (including phenoxy) is 7. The maximum atomic E-state index is 12.7. The molecular weight excluding hydrogens is 462 g/mol. The van der Waals surface area contributed by atoms with Crippen LogP contribution in [-0.4, -0.2) is 71.0 Å². The summed E-state index contributed by atoms with van der Waals surface area (Å²) in [5.74, 6) is -1.04. The van der Waals surface area contributed by atoms with Gasteiger partial charge in [0.15, 0.2) is 24.1 Å². The highest BCUT2D eigenvalue weighted by Crippen LogP contribution is 2.42. The Morgan fingerprint density at radius 2 is 1.46 bits per heavy atom. The summed E-state index contributed by atoms with van der Waals surface area (Å²) in [5, 5.41) is 2.28. The number of nitrogens with one attached hydrogen (secondary N) is 1. The van der Waals surface area contributed by atoms with Crippen LogP contribution in [0.5, 0.6) is 17.2 Å². The largest absolute Gasteiger partial charge is 0.490 e. The summed E-state index contributed by atoms with van der Waals surface area (Å²) in [6.45, 7) is 1.14. The quantitative estimate of drug-likeness (QED) is 0.276. The Labute approximate surface area is 204 Å². The van der Waals surface area contributed by atoms with E-state index in [1.807, 2.05) is 0 Å². The molecule has 2 unspecified atom stereocenters. The zero-order valence-corrected chi connectivity index (χ0v) is 20.3. The molecule has 1 amide bonds. The highest BCUT2D eigenvalue weighted by Gasteiger charge is 2.49. The number of hydrogen-bond acceptors (Lipinski definition) is 10. The summed E-state index contributed by atoms with van der Waals surface area (Å²) in [6.07, 6.45) is 4.14. The van der Waals surface area contributed by atoms with Gasteiger partial charge in [-0.2, -0.15) is 0 Å². The van der Waals surface area contributed by atoms with Gasteiger partial charge in [-0.3, -0.25) is 4.79 Å². The lowest BCUT2D eigenvalue weighted by Crippen LogP contribution is -2.60. The molecule has 35 heavy (non-hydrogen) atoms. The fraction of sp³-hybridized carbons (Fsp3) is 0.625. The van der Waals surface area contributed by atoms with E-state index in [1.165, 1.54) is 7.11 Å². The Morgan fingerprint density at radius 3 is 1.83 bits per heavy atom. The van der Waals surface area contributed by atoms with E-state index in [1.54, 1.807) is 12.1 Å².